The molecule has 3 heterocycles. The molecule has 174 valence electrons. The lowest BCUT2D eigenvalue weighted by atomic mass is 10.1. The van der Waals surface area contributed by atoms with Crippen molar-refractivity contribution in [2.75, 3.05) is 43.9 Å². The first-order valence-corrected chi connectivity index (χ1v) is 9.08. The number of furan rings is 1. The Bertz CT molecular complexity index is 1140. The van der Waals surface area contributed by atoms with Gasteiger partial charge in [-0.25, -0.2) is 9.78 Å². The number of aromatic nitrogens is 2. The first-order chi connectivity index (χ1) is 14.8. The molecule has 0 radical (unpaired) electrons. The van der Waals surface area contributed by atoms with E-state index in [1.165, 1.54) is 6.07 Å². The van der Waals surface area contributed by atoms with Gasteiger partial charge in [-0.3, -0.25) is 0 Å². The molecule has 2 aromatic heterocycles. The summed E-state index contributed by atoms with van der Waals surface area (Å²) in [5.41, 5.74) is 5.99. The van der Waals surface area contributed by atoms with Crippen LogP contribution in [0.15, 0.2) is 22.6 Å². The Morgan fingerprint density at radius 2 is 1.69 bits per heavy atom. The van der Waals surface area contributed by atoms with Crippen molar-refractivity contribution in [3.8, 4) is 0 Å². The summed E-state index contributed by atoms with van der Waals surface area (Å²) in [5, 5.41) is 7.62. The van der Waals surface area contributed by atoms with E-state index in [-0.39, 0.29) is 11.5 Å². The number of carboxylic acids is 1. The highest BCUT2D eigenvalue weighted by Crippen LogP contribution is 2.37. The molecule has 8 nitrogen and oxygen atoms in total. The van der Waals surface area contributed by atoms with Gasteiger partial charge in [-0.05, 0) is 25.2 Å². The monoisotopic (exact) mass is 465 g/mol. The standard InChI is InChI=1S/C16H16F3N5O.C2HF3O2/c1-23-4-6-24(7-5-23)14-13-12(21-15(20)22-14)10-3-2-9(16(17,18)19)8-11(10)25-13;3-2(4,5)1(6)7/h2-3,8H,4-7H2,1H3,(H2,20,21,22);(H,6,7). The van der Waals surface area contributed by atoms with Crippen LogP contribution in [0.2, 0.25) is 0 Å². The number of piperazine rings is 1. The predicted molar refractivity (Wildman–Crippen MR) is 102 cm³/mol. The van der Waals surface area contributed by atoms with E-state index < -0.39 is 23.9 Å². The van der Waals surface area contributed by atoms with Gasteiger partial charge in [0.25, 0.3) is 0 Å². The van der Waals surface area contributed by atoms with E-state index in [0.29, 0.717) is 22.3 Å². The van der Waals surface area contributed by atoms with Gasteiger partial charge in [0.15, 0.2) is 11.4 Å². The number of nitrogens with zero attached hydrogens (tertiary/aromatic N) is 4. The summed E-state index contributed by atoms with van der Waals surface area (Å²) in [6, 6.07) is 3.37. The summed E-state index contributed by atoms with van der Waals surface area (Å²) in [5.74, 6) is -2.16. The van der Waals surface area contributed by atoms with Crippen molar-refractivity contribution in [2.24, 2.45) is 0 Å². The number of halogens is 6. The van der Waals surface area contributed by atoms with Crippen molar-refractivity contribution in [1.82, 2.24) is 14.9 Å². The van der Waals surface area contributed by atoms with Gasteiger partial charge in [-0.1, -0.05) is 0 Å². The number of likely N-dealkylation sites (N-methyl/N-ethyl adjacent to an activating group) is 1. The minimum absolute atomic E-state index is 0.0732. The van der Waals surface area contributed by atoms with Crippen LogP contribution in [0.1, 0.15) is 5.56 Å². The Labute approximate surface area is 176 Å². The number of hydrogen-bond acceptors (Lipinski definition) is 7. The fourth-order valence-electron chi connectivity index (χ4n) is 3.05. The number of carboxylic acid groups (broad SMARTS) is 1. The summed E-state index contributed by atoms with van der Waals surface area (Å²) in [7, 11) is 2.03. The third-order valence-electron chi connectivity index (χ3n) is 4.69. The number of nitrogens with two attached hydrogens (primary N) is 1. The molecule has 0 spiro atoms. The van der Waals surface area contributed by atoms with Gasteiger partial charge in [0.2, 0.25) is 5.95 Å². The number of hydrogen-bond donors (Lipinski definition) is 2. The Kier molecular flexibility index (Phi) is 6.09. The molecule has 0 bridgehead atoms. The largest absolute Gasteiger partial charge is 0.490 e. The number of benzene rings is 1. The second-order valence-electron chi connectivity index (χ2n) is 6.99. The predicted octanol–water partition coefficient (Wildman–Crippen LogP) is 3.36. The molecule has 3 N–H and O–H groups in total. The zero-order valence-electron chi connectivity index (χ0n) is 16.5. The van der Waals surface area contributed by atoms with Crippen LogP contribution in [-0.2, 0) is 11.0 Å². The van der Waals surface area contributed by atoms with E-state index in [1.807, 2.05) is 11.9 Å². The van der Waals surface area contributed by atoms with Crippen LogP contribution >= 0.6 is 0 Å². The number of alkyl halides is 6. The molecule has 32 heavy (non-hydrogen) atoms. The lowest BCUT2D eigenvalue weighted by Gasteiger charge is -2.33. The lowest BCUT2D eigenvalue weighted by molar-refractivity contribution is -0.192. The van der Waals surface area contributed by atoms with Crippen molar-refractivity contribution in [1.29, 1.82) is 0 Å². The number of fused-ring (bicyclic) bond motifs is 3. The minimum Gasteiger partial charge on any atom is -0.475 e. The quantitative estimate of drug-likeness (QED) is 0.527. The van der Waals surface area contributed by atoms with Crippen LogP contribution < -0.4 is 10.6 Å². The second-order valence-corrected chi connectivity index (χ2v) is 6.99. The van der Waals surface area contributed by atoms with E-state index in [2.05, 4.69) is 14.9 Å². The second kappa shape index (κ2) is 8.33. The molecule has 1 fully saturated rings. The molecule has 1 aliphatic rings. The number of anilines is 2. The van der Waals surface area contributed by atoms with Crippen LogP contribution in [0.5, 0.6) is 0 Å². The van der Waals surface area contributed by atoms with Gasteiger partial charge >= 0.3 is 18.3 Å². The normalized spacial score (nSPS) is 15.7. The number of nitrogen functional groups attached to an aromatic ring is 1. The first kappa shape index (κ1) is 23.4. The summed E-state index contributed by atoms with van der Waals surface area (Å²) < 4.78 is 76.3. The van der Waals surface area contributed by atoms with Gasteiger partial charge in [0.1, 0.15) is 11.1 Å². The molecule has 3 aromatic rings. The smallest absolute Gasteiger partial charge is 0.475 e. The van der Waals surface area contributed by atoms with Crippen molar-refractivity contribution in [3.05, 3.63) is 23.8 Å². The van der Waals surface area contributed by atoms with E-state index in [4.69, 9.17) is 20.1 Å². The third kappa shape index (κ3) is 4.95. The lowest BCUT2D eigenvalue weighted by Crippen LogP contribution is -2.44. The average molecular weight is 465 g/mol. The van der Waals surface area contributed by atoms with Gasteiger partial charge < -0.3 is 25.1 Å². The van der Waals surface area contributed by atoms with E-state index >= 15 is 0 Å². The highest BCUT2D eigenvalue weighted by molar-refractivity contribution is 6.06. The van der Waals surface area contributed by atoms with Crippen LogP contribution in [0.3, 0.4) is 0 Å². The van der Waals surface area contributed by atoms with Crippen molar-refractivity contribution in [3.63, 3.8) is 0 Å². The molecule has 0 saturated carbocycles. The number of rotatable bonds is 1. The van der Waals surface area contributed by atoms with E-state index in [9.17, 15) is 26.3 Å². The van der Waals surface area contributed by atoms with Crippen LogP contribution in [-0.4, -0.2) is 65.3 Å². The third-order valence-corrected chi connectivity index (χ3v) is 4.69. The Morgan fingerprint density at radius 3 is 2.22 bits per heavy atom. The molecule has 0 amide bonds. The SMILES string of the molecule is CN1CCN(c2nc(N)nc3c2oc2cc(C(F)(F)F)ccc23)CC1.O=C(O)C(F)(F)F. The fourth-order valence-corrected chi connectivity index (χ4v) is 3.05. The molecule has 0 aliphatic carbocycles. The molecule has 0 atom stereocenters. The molecule has 4 rings (SSSR count). The first-order valence-electron chi connectivity index (χ1n) is 9.08. The Hall–Kier alpha value is -3.29. The highest BCUT2D eigenvalue weighted by atomic mass is 19.4. The molecule has 0 unspecified atom stereocenters. The van der Waals surface area contributed by atoms with Crippen molar-refractivity contribution in [2.45, 2.75) is 12.4 Å². The molecule has 1 aromatic carbocycles. The van der Waals surface area contributed by atoms with Crippen molar-refractivity contribution >= 4 is 39.8 Å². The topological polar surface area (TPSA) is 109 Å². The number of aliphatic carboxylic acids is 1. The molecule has 1 aliphatic heterocycles. The molecular formula is C18H17F6N5O3. The summed E-state index contributed by atoms with van der Waals surface area (Å²) in [6.07, 6.45) is -9.52. The number of carbonyl (C=O) groups is 1. The van der Waals surface area contributed by atoms with E-state index in [1.54, 1.807) is 0 Å². The zero-order valence-corrected chi connectivity index (χ0v) is 16.5. The minimum atomic E-state index is -5.08. The Balaban J connectivity index is 0.000000360. The maximum Gasteiger partial charge on any atom is 0.490 e. The van der Waals surface area contributed by atoms with E-state index in [0.717, 1.165) is 38.3 Å². The van der Waals surface area contributed by atoms with Gasteiger partial charge in [0.05, 0.1) is 5.56 Å². The fraction of sp³-hybridized carbons (Fsp3) is 0.389. The Morgan fingerprint density at radius 1 is 1.09 bits per heavy atom. The maximum absolute atomic E-state index is 12.9. The van der Waals surface area contributed by atoms with Crippen LogP contribution in [0.4, 0.5) is 38.1 Å². The van der Waals surface area contributed by atoms with Crippen LogP contribution in [0, 0.1) is 0 Å². The summed E-state index contributed by atoms with van der Waals surface area (Å²) in [6.45, 7) is 3.16. The zero-order chi connectivity index (χ0) is 23.8. The molecule has 14 heteroatoms. The van der Waals surface area contributed by atoms with Crippen LogP contribution in [0.25, 0.3) is 22.1 Å². The highest BCUT2D eigenvalue weighted by Gasteiger charge is 2.38. The van der Waals surface area contributed by atoms with Gasteiger partial charge in [0, 0.05) is 31.6 Å². The molecule has 1 saturated heterocycles. The summed E-state index contributed by atoms with van der Waals surface area (Å²) >= 11 is 0. The molecular weight excluding hydrogens is 448 g/mol. The van der Waals surface area contributed by atoms with Gasteiger partial charge in [-0.15, -0.1) is 0 Å². The van der Waals surface area contributed by atoms with Crippen molar-refractivity contribution < 1.29 is 40.7 Å². The summed E-state index contributed by atoms with van der Waals surface area (Å²) in [4.78, 5) is 21.6. The van der Waals surface area contributed by atoms with Gasteiger partial charge in [-0.2, -0.15) is 31.3 Å². The average Bonchev–Trinajstić information content (AvgIpc) is 3.05. The maximum atomic E-state index is 12.9.